The van der Waals surface area contributed by atoms with Gasteiger partial charge < -0.3 is 9.13 Å². The fourth-order valence-corrected chi connectivity index (χ4v) is 10.9. The van der Waals surface area contributed by atoms with E-state index in [1.165, 1.54) is 0 Å². The maximum atomic E-state index is 9.89. The summed E-state index contributed by atoms with van der Waals surface area (Å²) in [6.07, 6.45) is 3.80. The quantitative estimate of drug-likeness (QED) is 0.174. The molecule has 4 aromatic heterocycles. The van der Waals surface area contributed by atoms with Gasteiger partial charge in [0.15, 0.2) is 0 Å². The summed E-state index contributed by atoms with van der Waals surface area (Å²) < 4.78 is 4.54. The maximum absolute atomic E-state index is 9.89. The van der Waals surface area contributed by atoms with Gasteiger partial charge in [-0.1, -0.05) is 66.4 Å². The molecule has 1 spiro atoms. The second-order valence-electron chi connectivity index (χ2n) is 14.7. The predicted octanol–water partition coefficient (Wildman–Crippen LogP) is 11.1. The number of pyridine rings is 2. The average molecular weight is 756 g/mol. The molecule has 10 aromatic rings. The maximum Gasteiger partial charge on any atom is 0.0991 e. The molecule has 1 unspecified atom stereocenters. The van der Waals surface area contributed by atoms with E-state index in [0.29, 0.717) is 16.7 Å². The molecule has 12 rings (SSSR count). The molecule has 0 radical (unpaired) electrons. The largest absolute Gasteiger partial charge is 0.308 e. The highest BCUT2D eigenvalue weighted by Gasteiger charge is 2.52. The lowest BCUT2D eigenvalue weighted by Crippen LogP contribution is -2.32. The Morgan fingerprint density at radius 2 is 1.07 bits per heavy atom. The lowest BCUT2D eigenvalue weighted by atomic mass is 9.67. The molecule has 6 aromatic carbocycles. The van der Waals surface area contributed by atoms with Crippen LogP contribution in [0.5, 0.6) is 0 Å². The number of nitriles is 3. The Morgan fingerprint density at radius 1 is 0.483 bits per heavy atom. The van der Waals surface area contributed by atoms with Gasteiger partial charge in [-0.05, 0) is 102 Å². The minimum Gasteiger partial charge on any atom is -0.308 e. The Morgan fingerprint density at radius 3 is 1.79 bits per heavy atom. The Balaban J connectivity index is 1.19. The topological polar surface area (TPSA) is 107 Å². The van der Waals surface area contributed by atoms with Crippen molar-refractivity contribution in [2.24, 2.45) is 0 Å². The molecule has 266 valence electrons. The van der Waals surface area contributed by atoms with Crippen molar-refractivity contribution in [1.29, 1.82) is 15.8 Å². The second-order valence-corrected chi connectivity index (χ2v) is 15.8. The predicted molar refractivity (Wildman–Crippen MR) is 226 cm³/mol. The van der Waals surface area contributed by atoms with E-state index in [0.717, 1.165) is 98.4 Å². The third-order valence-electron chi connectivity index (χ3n) is 11.9. The Kier molecular flexibility index (Phi) is 6.56. The summed E-state index contributed by atoms with van der Waals surface area (Å²) in [7, 11) is 0. The minimum absolute atomic E-state index is 0.565. The van der Waals surface area contributed by atoms with Crippen LogP contribution in [0.4, 0.5) is 0 Å². The lowest BCUT2D eigenvalue weighted by molar-refractivity contribution is 0.716. The fourth-order valence-electron chi connectivity index (χ4n) is 9.64. The molecule has 0 saturated carbocycles. The highest BCUT2D eigenvalue weighted by molar-refractivity contribution is 7.99. The first-order chi connectivity index (χ1) is 28.6. The van der Waals surface area contributed by atoms with E-state index in [1.54, 1.807) is 11.8 Å². The third-order valence-corrected chi connectivity index (χ3v) is 13.1. The van der Waals surface area contributed by atoms with Crippen LogP contribution in [0.2, 0.25) is 0 Å². The van der Waals surface area contributed by atoms with Crippen molar-refractivity contribution in [3.05, 3.63) is 191 Å². The van der Waals surface area contributed by atoms with E-state index in [2.05, 4.69) is 94.1 Å². The van der Waals surface area contributed by atoms with Crippen LogP contribution in [0, 0.1) is 34.0 Å². The monoisotopic (exact) mass is 755 g/mol. The molecule has 0 saturated heterocycles. The first-order valence-corrected chi connectivity index (χ1v) is 19.6. The highest BCUT2D eigenvalue weighted by Crippen LogP contribution is 2.62. The summed E-state index contributed by atoms with van der Waals surface area (Å²) in [6, 6.07) is 54.5. The van der Waals surface area contributed by atoms with Crippen molar-refractivity contribution in [3.8, 4) is 41.0 Å². The zero-order chi connectivity index (χ0) is 38.7. The van der Waals surface area contributed by atoms with Crippen LogP contribution in [0.15, 0.2) is 162 Å². The van der Waals surface area contributed by atoms with Crippen LogP contribution < -0.4 is 0 Å². The van der Waals surface area contributed by atoms with Crippen LogP contribution in [-0.4, -0.2) is 19.1 Å². The SMILES string of the molecule is N#Cc1ccc2c(c1)c1ccccc1n2-c1cnc2c(c1)C1(c3ccccc3Sc3c(-n4c5ccc(C#N)cc5c5cc(C#N)ccc54)cccc31)c1cccnc1-2. The number of para-hydroxylation sites is 1. The number of hydrogen-bond acceptors (Lipinski definition) is 6. The van der Waals surface area contributed by atoms with Gasteiger partial charge in [0.25, 0.3) is 0 Å². The number of benzene rings is 6. The number of fused-ring (bicyclic) bond motifs is 15. The Bertz CT molecular complexity index is 3540. The van der Waals surface area contributed by atoms with Crippen molar-refractivity contribution < 1.29 is 0 Å². The van der Waals surface area contributed by atoms with Gasteiger partial charge in [0.05, 0.1) is 91.3 Å². The van der Waals surface area contributed by atoms with Crippen molar-refractivity contribution in [1.82, 2.24) is 19.1 Å². The molecule has 0 fully saturated rings. The van der Waals surface area contributed by atoms with Crippen LogP contribution >= 0.6 is 11.8 Å². The van der Waals surface area contributed by atoms with Gasteiger partial charge in [0.2, 0.25) is 0 Å². The molecular weight excluding hydrogens is 731 g/mol. The van der Waals surface area contributed by atoms with Crippen molar-refractivity contribution in [2.45, 2.75) is 15.2 Å². The van der Waals surface area contributed by atoms with Gasteiger partial charge in [-0.3, -0.25) is 9.97 Å². The number of rotatable bonds is 2. The second kappa shape index (κ2) is 11.8. The molecule has 7 nitrogen and oxygen atoms in total. The molecule has 1 atom stereocenters. The third kappa shape index (κ3) is 4.10. The van der Waals surface area contributed by atoms with Gasteiger partial charge in [-0.25, -0.2) is 0 Å². The summed E-state index contributed by atoms with van der Waals surface area (Å²) in [5, 5.41) is 33.5. The van der Waals surface area contributed by atoms with Gasteiger partial charge in [0, 0.05) is 43.1 Å². The zero-order valence-electron chi connectivity index (χ0n) is 30.5. The smallest absolute Gasteiger partial charge is 0.0991 e. The molecular formula is C50H25N7S. The minimum atomic E-state index is -0.775. The van der Waals surface area contributed by atoms with E-state index in [9.17, 15) is 15.8 Å². The van der Waals surface area contributed by atoms with Crippen LogP contribution in [0.3, 0.4) is 0 Å². The summed E-state index contributed by atoms with van der Waals surface area (Å²) in [4.78, 5) is 12.5. The Labute approximate surface area is 335 Å². The molecule has 1 aliphatic carbocycles. The lowest BCUT2D eigenvalue weighted by Gasteiger charge is -2.40. The van der Waals surface area contributed by atoms with E-state index in [-0.39, 0.29) is 0 Å². The van der Waals surface area contributed by atoms with E-state index >= 15 is 0 Å². The summed E-state index contributed by atoms with van der Waals surface area (Å²) in [6.45, 7) is 0. The normalized spacial score (nSPS) is 14.8. The van der Waals surface area contributed by atoms with E-state index < -0.39 is 5.41 Å². The first-order valence-electron chi connectivity index (χ1n) is 18.8. The van der Waals surface area contributed by atoms with Crippen molar-refractivity contribution >= 4 is 55.4 Å². The molecule has 58 heavy (non-hydrogen) atoms. The number of hydrogen-bond donors (Lipinski definition) is 0. The zero-order valence-corrected chi connectivity index (χ0v) is 31.3. The molecule has 0 amide bonds. The summed E-state index contributed by atoms with van der Waals surface area (Å²) >= 11 is 1.76. The molecule has 2 aliphatic rings. The average Bonchev–Trinajstić information content (AvgIpc) is 3.89. The molecule has 0 N–H and O–H groups in total. The summed E-state index contributed by atoms with van der Waals surface area (Å²) in [5.74, 6) is 0. The van der Waals surface area contributed by atoms with Gasteiger partial charge in [0.1, 0.15) is 0 Å². The number of nitrogens with zero attached hydrogens (tertiary/aromatic N) is 7. The first kappa shape index (κ1) is 32.3. The Hall–Kier alpha value is -7.96. The van der Waals surface area contributed by atoms with E-state index in [4.69, 9.17) is 9.97 Å². The van der Waals surface area contributed by atoms with Gasteiger partial charge >= 0.3 is 0 Å². The fraction of sp³-hybridized carbons (Fsp3) is 0.0200. The van der Waals surface area contributed by atoms with Crippen molar-refractivity contribution in [2.75, 3.05) is 0 Å². The van der Waals surface area contributed by atoms with E-state index in [1.807, 2.05) is 85.2 Å². The van der Waals surface area contributed by atoms with Crippen LogP contribution in [-0.2, 0) is 5.41 Å². The standard InChI is InChI=1S/C50H25N7S/c51-25-29-14-17-42-34(21-29)33-7-1-3-11-41(33)56(42)32-24-40-48(55-28-32)47-38(10-6-20-54-47)50(40)37-8-2-4-13-46(37)58-49-39(50)9-5-12-45(49)57-43-18-15-30(26-52)22-35(43)36-23-31(27-53)16-19-44(36)57/h1-24,28H. The molecule has 1 aliphatic heterocycles. The van der Waals surface area contributed by atoms with Crippen LogP contribution in [0.25, 0.3) is 66.4 Å². The molecule has 5 heterocycles. The van der Waals surface area contributed by atoms with Gasteiger partial charge in [-0.2, -0.15) is 15.8 Å². The highest BCUT2D eigenvalue weighted by atomic mass is 32.2. The van der Waals surface area contributed by atoms with Crippen LogP contribution in [0.1, 0.15) is 38.9 Å². The van der Waals surface area contributed by atoms with Crippen molar-refractivity contribution in [3.63, 3.8) is 0 Å². The number of aromatic nitrogens is 4. The van der Waals surface area contributed by atoms with Gasteiger partial charge in [-0.15, -0.1) is 0 Å². The molecule has 8 heteroatoms. The summed E-state index contributed by atoms with van der Waals surface area (Å²) in [5.41, 5.74) is 12.9. The molecule has 0 bridgehead atoms.